The Bertz CT molecular complexity index is 519. The summed E-state index contributed by atoms with van der Waals surface area (Å²) in [4.78, 5) is 14.4. The molecular weight excluding hydrogens is 315 g/mol. The smallest absolute Gasteiger partial charge is 0.399 e. The number of pyridine rings is 1. The van der Waals surface area contributed by atoms with Crippen LogP contribution >= 0.6 is 15.9 Å². The van der Waals surface area contributed by atoms with Gasteiger partial charge in [-0.25, -0.2) is 4.98 Å². The van der Waals surface area contributed by atoms with Crippen molar-refractivity contribution in [1.29, 1.82) is 0 Å². The Kier molecular flexibility index (Phi) is 3.44. The zero-order chi connectivity index (χ0) is 14.4. The van der Waals surface area contributed by atoms with Gasteiger partial charge in [0.25, 0.3) is 0 Å². The first-order valence-corrected chi connectivity index (χ1v) is 6.59. The molecule has 0 saturated carbocycles. The predicted molar refractivity (Wildman–Crippen MR) is 74.3 cm³/mol. The Morgan fingerprint density at radius 3 is 2.32 bits per heavy atom. The van der Waals surface area contributed by atoms with E-state index in [-0.39, 0.29) is 10.3 Å². The van der Waals surface area contributed by atoms with Crippen LogP contribution in [0.3, 0.4) is 0 Å². The molecule has 1 saturated heterocycles. The van der Waals surface area contributed by atoms with Crippen LogP contribution in [0, 0.1) is 10.1 Å². The van der Waals surface area contributed by atoms with Crippen LogP contribution < -0.4 is 5.46 Å². The molecule has 0 bridgehead atoms. The van der Waals surface area contributed by atoms with Crippen LogP contribution in [0.15, 0.2) is 16.9 Å². The van der Waals surface area contributed by atoms with Crippen molar-refractivity contribution >= 4 is 34.2 Å². The molecule has 0 radical (unpaired) electrons. The lowest BCUT2D eigenvalue weighted by Crippen LogP contribution is -2.41. The van der Waals surface area contributed by atoms with Gasteiger partial charge in [-0.2, -0.15) is 0 Å². The van der Waals surface area contributed by atoms with Crippen LogP contribution in [0.1, 0.15) is 27.7 Å². The summed E-state index contributed by atoms with van der Waals surface area (Å²) in [5, 5.41) is 10.9. The number of hydrogen-bond donors (Lipinski definition) is 0. The lowest BCUT2D eigenvalue weighted by molar-refractivity contribution is -0.386. The van der Waals surface area contributed by atoms with Crippen LogP contribution in [0.25, 0.3) is 0 Å². The first-order chi connectivity index (χ1) is 8.64. The Morgan fingerprint density at radius 1 is 1.32 bits per heavy atom. The van der Waals surface area contributed by atoms with Crippen molar-refractivity contribution in [3.05, 3.63) is 27.0 Å². The van der Waals surface area contributed by atoms with Gasteiger partial charge in [0, 0.05) is 17.7 Å². The minimum absolute atomic E-state index is 0.104. The van der Waals surface area contributed by atoms with Gasteiger partial charge in [0.15, 0.2) is 4.60 Å². The number of aromatic nitrogens is 1. The number of nitrogens with zero attached hydrogens (tertiary/aromatic N) is 2. The first kappa shape index (κ1) is 14.4. The van der Waals surface area contributed by atoms with Crippen molar-refractivity contribution in [3.63, 3.8) is 0 Å². The fourth-order valence-corrected chi connectivity index (χ4v) is 2.05. The topological polar surface area (TPSA) is 74.5 Å². The third kappa shape index (κ3) is 2.52. The summed E-state index contributed by atoms with van der Waals surface area (Å²) in [6.07, 6.45) is 1.51. The minimum atomic E-state index is -0.649. The summed E-state index contributed by atoms with van der Waals surface area (Å²) >= 11 is 3.05. The summed E-state index contributed by atoms with van der Waals surface area (Å²) < 4.78 is 11.8. The van der Waals surface area contributed by atoms with Gasteiger partial charge in [-0.05, 0) is 43.6 Å². The Hall–Kier alpha value is -0.985. The Morgan fingerprint density at radius 2 is 1.84 bits per heavy atom. The van der Waals surface area contributed by atoms with E-state index < -0.39 is 23.2 Å². The number of halogens is 1. The van der Waals surface area contributed by atoms with Gasteiger partial charge in [-0.1, -0.05) is 0 Å². The third-order valence-electron chi connectivity index (χ3n) is 3.56. The third-order valence-corrected chi connectivity index (χ3v) is 4.17. The van der Waals surface area contributed by atoms with E-state index in [1.807, 2.05) is 27.7 Å². The molecule has 1 aromatic rings. The Balaban J connectivity index is 2.35. The first-order valence-electron chi connectivity index (χ1n) is 5.79. The van der Waals surface area contributed by atoms with Gasteiger partial charge in [-0.3, -0.25) is 10.1 Å². The van der Waals surface area contributed by atoms with E-state index in [1.54, 1.807) is 0 Å². The van der Waals surface area contributed by atoms with Crippen LogP contribution in [-0.4, -0.2) is 28.2 Å². The van der Waals surface area contributed by atoms with E-state index in [9.17, 15) is 10.1 Å². The van der Waals surface area contributed by atoms with E-state index >= 15 is 0 Å². The van der Waals surface area contributed by atoms with Gasteiger partial charge < -0.3 is 9.31 Å². The van der Waals surface area contributed by atoms with E-state index in [1.165, 1.54) is 12.3 Å². The zero-order valence-corrected chi connectivity index (χ0v) is 12.7. The molecule has 0 unspecified atom stereocenters. The van der Waals surface area contributed by atoms with E-state index in [0.29, 0.717) is 5.46 Å². The number of nitro groups is 1. The number of rotatable bonds is 2. The fourth-order valence-electron chi connectivity index (χ4n) is 1.69. The largest absolute Gasteiger partial charge is 0.496 e. The molecule has 102 valence electrons. The second-order valence-corrected chi connectivity index (χ2v) is 6.18. The quantitative estimate of drug-likeness (QED) is 0.359. The summed E-state index contributed by atoms with van der Waals surface area (Å²) in [5.74, 6) is 0. The molecular formula is C11H14BBrN2O4. The van der Waals surface area contributed by atoms with Crippen molar-refractivity contribution in [2.45, 2.75) is 38.9 Å². The standard InChI is InChI=1S/C11H14BBrN2O4/c1-10(2)11(3,4)19-12(18-10)7-5-8(15(16)17)9(13)14-6-7/h5-6H,1-4H3. The molecule has 0 N–H and O–H groups in total. The maximum atomic E-state index is 10.9. The van der Waals surface area contributed by atoms with Crippen LogP contribution in [0.5, 0.6) is 0 Å². The van der Waals surface area contributed by atoms with Crippen molar-refractivity contribution in [2.75, 3.05) is 0 Å². The molecule has 8 heteroatoms. The molecule has 1 aromatic heterocycles. The summed E-state index contributed by atoms with van der Waals surface area (Å²) in [6.45, 7) is 7.70. The van der Waals surface area contributed by atoms with Crippen molar-refractivity contribution in [2.24, 2.45) is 0 Å². The molecule has 2 rings (SSSR count). The van der Waals surface area contributed by atoms with Crippen LogP contribution in [0.4, 0.5) is 5.69 Å². The molecule has 1 fully saturated rings. The lowest BCUT2D eigenvalue weighted by Gasteiger charge is -2.32. The summed E-state index contributed by atoms with van der Waals surface area (Å²) in [5.41, 5.74) is -0.542. The van der Waals surface area contributed by atoms with Crippen molar-refractivity contribution in [1.82, 2.24) is 4.98 Å². The molecule has 1 aliphatic rings. The van der Waals surface area contributed by atoms with Gasteiger partial charge >= 0.3 is 12.8 Å². The molecule has 1 aliphatic heterocycles. The zero-order valence-electron chi connectivity index (χ0n) is 11.1. The second-order valence-electron chi connectivity index (χ2n) is 5.42. The van der Waals surface area contributed by atoms with Gasteiger partial charge in [0.05, 0.1) is 16.1 Å². The van der Waals surface area contributed by atoms with Gasteiger partial charge in [0.2, 0.25) is 0 Å². The normalized spacial score (nSPS) is 20.6. The highest BCUT2D eigenvalue weighted by Crippen LogP contribution is 2.36. The predicted octanol–water partition coefficient (Wildman–Crippen LogP) is 2.05. The summed E-state index contributed by atoms with van der Waals surface area (Å²) in [7, 11) is -0.649. The SMILES string of the molecule is CC1(C)OB(c2cnc(Br)c([N+](=O)[O-])c2)OC1(C)C. The molecule has 0 aromatic carbocycles. The molecule has 2 heterocycles. The van der Waals surface area contributed by atoms with Gasteiger partial charge in [0.1, 0.15) is 0 Å². The van der Waals surface area contributed by atoms with Crippen molar-refractivity contribution < 1.29 is 14.2 Å². The average molecular weight is 329 g/mol. The second kappa shape index (κ2) is 4.54. The minimum Gasteiger partial charge on any atom is -0.399 e. The summed E-state index contributed by atoms with van der Waals surface area (Å²) in [6, 6.07) is 1.42. The lowest BCUT2D eigenvalue weighted by atomic mass is 9.80. The molecule has 19 heavy (non-hydrogen) atoms. The maximum Gasteiger partial charge on any atom is 0.496 e. The Labute approximate surface area is 119 Å². The molecule has 0 spiro atoms. The van der Waals surface area contributed by atoms with E-state index in [0.717, 1.165) is 0 Å². The highest BCUT2D eigenvalue weighted by atomic mass is 79.9. The van der Waals surface area contributed by atoms with E-state index in [4.69, 9.17) is 9.31 Å². The number of hydrogen-bond acceptors (Lipinski definition) is 5. The molecule has 0 amide bonds. The molecule has 0 atom stereocenters. The highest BCUT2D eigenvalue weighted by Gasteiger charge is 2.52. The molecule has 0 aliphatic carbocycles. The van der Waals surface area contributed by atoms with E-state index in [2.05, 4.69) is 20.9 Å². The van der Waals surface area contributed by atoms with Crippen LogP contribution in [0.2, 0.25) is 0 Å². The monoisotopic (exact) mass is 328 g/mol. The van der Waals surface area contributed by atoms with Gasteiger partial charge in [-0.15, -0.1) is 0 Å². The maximum absolute atomic E-state index is 10.9. The highest BCUT2D eigenvalue weighted by molar-refractivity contribution is 9.10. The van der Waals surface area contributed by atoms with Crippen LogP contribution in [-0.2, 0) is 9.31 Å². The fraction of sp³-hybridized carbons (Fsp3) is 0.545. The van der Waals surface area contributed by atoms with Crippen molar-refractivity contribution in [3.8, 4) is 0 Å². The molecule has 6 nitrogen and oxygen atoms in total. The average Bonchev–Trinajstić information content (AvgIpc) is 2.48.